The molecule has 0 saturated carbocycles. The maximum atomic E-state index is 12.5. The van der Waals surface area contributed by atoms with Gasteiger partial charge in [-0.25, -0.2) is 4.98 Å². The number of benzene rings is 2. The number of para-hydroxylation sites is 1. The van der Waals surface area contributed by atoms with Gasteiger partial charge in [0.1, 0.15) is 11.5 Å². The van der Waals surface area contributed by atoms with Crippen LogP contribution in [0.4, 0.5) is 5.13 Å². The zero-order chi connectivity index (χ0) is 17.8. The first-order chi connectivity index (χ1) is 12.1. The lowest BCUT2D eigenvalue weighted by Gasteiger charge is -2.11. The third-order valence-corrected chi connectivity index (χ3v) is 4.86. The molecule has 0 radical (unpaired) electrons. The Kier molecular flexibility index (Phi) is 5.00. The Morgan fingerprint density at radius 3 is 2.68 bits per heavy atom. The number of ether oxygens (including phenoxy) is 2. The second-order valence-electron chi connectivity index (χ2n) is 5.30. The number of thiazole rings is 1. The number of amides is 1. The highest BCUT2D eigenvalue weighted by atomic mass is 32.1. The van der Waals surface area contributed by atoms with Crippen LogP contribution >= 0.6 is 11.3 Å². The molecule has 1 amide bonds. The standard InChI is InChI=1S/C19H18N2O3S/c1-21(19-20-15-6-4-5-7-17(15)25-19)18(22)11-9-13-8-10-14(23-2)12-16(13)24-3/h4-12H,1-3H3/b11-9+. The van der Waals surface area contributed by atoms with Crippen LogP contribution in [0.15, 0.2) is 48.5 Å². The molecule has 0 aliphatic rings. The number of likely N-dealkylation sites (N-methyl/N-ethyl adjacent to an activating group) is 1. The first-order valence-electron chi connectivity index (χ1n) is 7.65. The molecular weight excluding hydrogens is 336 g/mol. The van der Waals surface area contributed by atoms with E-state index >= 15 is 0 Å². The quantitative estimate of drug-likeness (QED) is 0.650. The van der Waals surface area contributed by atoms with Crippen LogP contribution in [-0.2, 0) is 4.79 Å². The number of nitrogens with zero attached hydrogens (tertiary/aromatic N) is 2. The van der Waals surface area contributed by atoms with Gasteiger partial charge in [-0.3, -0.25) is 9.69 Å². The van der Waals surface area contributed by atoms with E-state index in [1.165, 1.54) is 22.3 Å². The Labute approximate surface area is 150 Å². The van der Waals surface area contributed by atoms with E-state index in [9.17, 15) is 4.79 Å². The third kappa shape index (κ3) is 3.64. The fourth-order valence-corrected chi connectivity index (χ4v) is 3.26. The van der Waals surface area contributed by atoms with E-state index < -0.39 is 0 Å². The summed E-state index contributed by atoms with van der Waals surface area (Å²) in [5, 5.41) is 0.664. The molecule has 1 aromatic heterocycles. The molecule has 0 bridgehead atoms. The molecule has 128 valence electrons. The Morgan fingerprint density at radius 2 is 1.96 bits per heavy atom. The van der Waals surface area contributed by atoms with Crippen molar-refractivity contribution >= 4 is 38.7 Å². The van der Waals surface area contributed by atoms with Crippen LogP contribution in [0.25, 0.3) is 16.3 Å². The van der Waals surface area contributed by atoms with E-state index in [-0.39, 0.29) is 5.91 Å². The summed E-state index contributed by atoms with van der Waals surface area (Å²) in [7, 11) is 4.90. The molecule has 5 nitrogen and oxygen atoms in total. The molecule has 0 saturated heterocycles. The van der Waals surface area contributed by atoms with Crippen LogP contribution in [0, 0.1) is 0 Å². The molecule has 0 unspecified atom stereocenters. The van der Waals surface area contributed by atoms with Crippen molar-refractivity contribution in [3.63, 3.8) is 0 Å². The smallest absolute Gasteiger partial charge is 0.252 e. The van der Waals surface area contributed by atoms with Crippen LogP contribution in [0.5, 0.6) is 11.5 Å². The maximum Gasteiger partial charge on any atom is 0.252 e. The summed E-state index contributed by atoms with van der Waals surface area (Å²) in [6.45, 7) is 0. The van der Waals surface area contributed by atoms with Crippen molar-refractivity contribution in [1.82, 2.24) is 4.98 Å². The summed E-state index contributed by atoms with van der Waals surface area (Å²) < 4.78 is 11.6. The number of carbonyl (C=O) groups is 1. The van der Waals surface area contributed by atoms with Gasteiger partial charge in [0.15, 0.2) is 5.13 Å². The second kappa shape index (κ2) is 7.36. The topological polar surface area (TPSA) is 51.7 Å². The summed E-state index contributed by atoms with van der Waals surface area (Å²) in [6.07, 6.45) is 3.24. The highest BCUT2D eigenvalue weighted by Crippen LogP contribution is 2.28. The molecule has 1 heterocycles. The van der Waals surface area contributed by atoms with E-state index in [1.807, 2.05) is 36.4 Å². The molecule has 3 rings (SSSR count). The maximum absolute atomic E-state index is 12.5. The molecule has 2 aromatic carbocycles. The normalized spacial score (nSPS) is 11.0. The average molecular weight is 354 g/mol. The molecular formula is C19H18N2O3S. The summed E-state index contributed by atoms with van der Waals surface area (Å²) in [5.41, 5.74) is 1.69. The Bertz CT molecular complexity index is 900. The number of hydrogen-bond donors (Lipinski definition) is 0. The summed E-state index contributed by atoms with van der Waals surface area (Å²) in [5.74, 6) is 1.19. The van der Waals surface area contributed by atoms with Crippen molar-refractivity contribution in [1.29, 1.82) is 0 Å². The molecule has 0 aliphatic carbocycles. The van der Waals surface area contributed by atoms with Crippen LogP contribution in [0.3, 0.4) is 0 Å². The van der Waals surface area contributed by atoms with Crippen molar-refractivity contribution in [2.45, 2.75) is 0 Å². The fraction of sp³-hybridized carbons (Fsp3) is 0.158. The zero-order valence-electron chi connectivity index (χ0n) is 14.2. The molecule has 3 aromatic rings. The van der Waals surface area contributed by atoms with E-state index in [4.69, 9.17) is 9.47 Å². The van der Waals surface area contributed by atoms with Crippen LogP contribution in [0.1, 0.15) is 5.56 Å². The van der Waals surface area contributed by atoms with Gasteiger partial charge in [0, 0.05) is 24.8 Å². The SMILES string of the molecule is COc1ccc(/C=C/C(=O)N(C)c2nc3ccccc3s2)c(OC)c1. The first-order valence-corrected chi connectivity index (χ1v) is 8.47. The largest absolute Gasteiger partial charge is 0.497 e. The number of rotatable bonds is 5. The van der Waals surface area contributed by atoms with E-state index in [2.05, 4.69) is 4.98 Å². The average Bonchev–Trinajstić information content (AvgIpc) is 3.09. The van der Waals surface area contributed by atoms with E-state index in [0.29, 0.717) is 16.6 Å². The number of fused-ring (bicyclic) bond motifs is 1. The molecule has 0 fully saturated rings. The molecule has 0 atom stereocenters. The van der Waals surface area contributed by atoms with Gasteiger partial charge in [-0.15, -0.1) is 0 Å². The lowest BCUT2D eigenvalue weighted by atomic mass is 10.1. The number of aromatic nitrogens is 1. The molecule has 0 spiro atoms. The predicted molar refractivity (Wildman–Crippen MR) is 102 cm³/mol. The van der Waals surface area contributed by atoms with Gasteiger partial charge in [-0.1, -0.05) is 23.5 Å². The minimum Gasteiger partial charge on any atom is -0.497 e. The fourth-order valence-electron chi connectivity index (χ4n) is 2.33. The van der Waals surface area contributed by atoms with Gasteiger partial charge in [-0.2, -0.15) is 0 Å². The van der Waals surface area contributed by atoms with Crippen LogP contribution < -0.4 is 14.4 Å². The molecule has 0 N–H and O–H groups in total. The highest BCUT2D eigenvalue weighted by molar-refractivity contribution is 7.22. The van der Waals surface area contributed by atoms with Crippen molar-refractivity contribution in [2.24, 2.45) is 0 Å². The number of methoxy groups -OCH3 is 2. The van der Waals surface area contributed by atoms with Gasteiger partial charge in [0.25, 0.3) is 5.91 Å². The Morgan fingerprint density at radius 1 is 1.16 bits per heavy atom. The number of hydrogen-bond acceptors (Lipinski definition) is 5. The molecule has 6 heteroatoms. The summed E-state index contributed by atoms with van der Waals surface area (Å²) >= 11 is 1.49. The second-order valence-corrected chi connectivity index (χ2v) is 6.31. The van der Waals surface area contributed by atoms with Crippen molar-refractivity contribution in [3.05, 3.63) is 54.1 Å². The Hall–Kier alpha value is -2.86. The molecule has 0 aliphatic heterocycles. The van der Waals surface area contributed by atoms with Gasteiger partial charge >= 0.3 is 0 Å². The first kappa shape index (κ1) is 17.0. The van der Waals surface area contributed by atoms with Gasteiger partial charge in [0.2, 0.25) is 0 Å². The van der Waals surface area contributed by atoms with E-state index in [0.717, 1.165) is 15.8 Å². The van der Waals surface area contributed by atoms with Gasteiger partial charge in [0.05, 0.1) is 24.4 Å². The minimum atomic E-state index is -0.156. The monoisotopic (exact) mass is 354 g/mol. The van der Waals surface area contributed by atoms with Gasteiger partial charge < -0.3 is 9.47 Å². The van der Waals surface area contributed by atoms with Crippen molar-refractivity contribution < 1.29 is 14.3 Å². The highest BCUT2D eigenvalue weighted by Gasteiger charge is 2.13. The van der Waals surface area contributed by atoms with Crippen LogP contribution in [-0.4, -0.2) is 32.2 Å². The van der Waals surface area contributed by atoms with Gasteiger partial charge in [-0.05, 0) is 30.3 Å². The predicted octanol–water partition coefficient (Wildman–Crippen LogP) is 3.99. The van der Waals surface area contributed by atoms with Crippen molar-refractivity contribution in [2.75, 3.05) is 26.2 Å². The Balaban J connectivity index is 1.80. The lowest BCUT2D eigenvalue weighted by Crippen LogP contribution is -2.23. The summed E-state index contributed by atoms with van der Waals surface area (Å²) in [6, 6.07) is 13.3. The van der Waals surface area contributed by atoms with Crippen LogP contribution in [0.2, 0.25) is 0 Å². The number of anilines is 1. The van der Waals surface area contributed by atoms with Crippen molar-refractivity contribution in [3.8, 4) is 11.5 Å². The minimum absolute atomic E-state index is 0.156. The zero-order valence-corrected chi connectivity index (χ0v) is 15.0. The lowest BCUT2D eigenvalue weighted by molar-refractivity contribution is -0.113. The molecule has 25 heavy (non-hydrogen) atoms. The summed E-state index contributed by atoms with van der Waals surface area (Å²) in [4.78, 5) is 18.5. The third-order valence-electron chi connectivity index (χ3n) is 3.75. The van der Waals surface area contributed by atoms with E-state index in [1.54, 1.807) is 33.4 Å². The number of carbonyl (C=O) groups excluding carboxylic acids is 1.